The number of hydrogen-bond donors (Lipinski definition) is 0. The molecule has 0 aromatic heterocycles. The summed E-state index contributed by atoms with van der Waals surface area (Å²) in [6.45, 7) is 6.21. The van der Waals surface area contributed by atoms with Crippen molar-refractivity contribution in [2.45, 2.75) is 97.5 Å². The van der Waals surface area contributed by atoms with Crippen LogP contribution in [-0.4, -0.2) is 24.6 Å². The van der Waals surface area contributed by atoms with Gasteiger partial charge in [0.2, 0.25) is 0 Å². The van der Waals surface area contributed by atoms with Crippen LogP contribution in [0.2, 0.25) is 0 Å². The third-order valence-corrected chi connectivity index (χ3v) is 4.69. The maximum absolute atomic E-state index is 12.3. The fourth-order valence-electron chi connectivity index (χ4n) is 3.13. The zero-order valence-electron chi connectivity index (χ0n) is 18.0. The minimum absolute atomic E-state index is 0.229. The largest absolute Gasteiger partial charge is 0.462 e. The first-order chi connectivity index (χ1) is 13.6. The predicted molar refractivity (Wildman–Crippen MR) is 114 cm³/mol. The monoisotopic (exact) mass is 390 g/mol. The average molecular weight is 391 g/mol. The molecule has 0 saturated carbocycles. The molecule has 0 aliphatic heterocycles. The van der Waals surface area contributed by atoms with Crippen LogP contribution < -0.4 is 0 Å². The molecule has 0 fully saturated rings. The normalized spacial score (nSPS) is 10.9. The van der Waals surface area contributed by atoms with Crippen molar-refractivity contribution < 1.29 is 19.1 Å². The lowest BCUT2D eigenvalue weighted by Gasteiger charge is -2.11. The van der Waals surface area contributed by atoms with Crippen molar-refractivity contribution in [2.75, 3.05) is 6.61 Å². The van der Waals surface area contributed by atoms with Crippen LogP contribution in [0.1, 0.15) is 112 Å². The van der Waals surface area contributed by atoms with Crippen LogP contribution in [-0.2, 0) is 9.47 Å². The minimum atomic E-state index is -0.489. The lowest BCUT2D eigenvalue weighted by Crippen LogP contribution is -2.17. The number of carbonyl (C=O) groups is 2. The molecule has 0 aliphatic carbocycles. The van der Waals surface area contributed by atoms with Gasteiger partial charge in [0.1, 0.15) is 0 Å². The van der Waals surface area contributed by atoms with E-state index in [2.05, 4.69) is 6.92 Å². The second-order valence-electron chi connectivity index (χ2n) is 7.67. The Morgan fingerprint density at radius 1 is 0.750 bits per heavy atom. The summed E-state index contributed by atoms with van der Waals surface area (Å²) in [5.74, 6) is -0.944. The van der Waals surface area contributed by atoms with Gasteiger partial charge in [-0.3, -0.25) is 0 Å². The smallest absolute Gasteiger partial charge is 0.339 e. The van der Waals surface area contributed by atoms with Crippen LogP contribution >= 0.6 is 0 Å². The summed E-state index contributed by atoms with van der Waals surface area (Å²) in [6, 6.07) is 6.66. The number of ether oxygens (including phenoxy) is 2. The zero-order chi connectivity index (χ0) is 20.6. The first kappa shape index (κ1) is 24.2. The lowest BCUT2D eigenvalue weighted by molar-refractivity contribution is 0.0360. The van der Waals surface area contributed by atoms with Crippen LogP contribution in [0, 0.1) is 0 Å². The summed E-state index contributed by atoms with van der Waals surface area (Å²) in [5.41, 5.74) is 0.538. The van der Waals surface area contributed by atoms with Crippen molar-refractivity contribution in [1.29, 1.82) is 0 Å². The van der Waals surface area contributed by atoms with Crippen LogP contribution in [0.15, 0.2) is 24.3 Å². The van der Waals surface area contributed by atoms with E-state index in [4.69, 9.17) is 9.47 Å². The summed E-state index contributed by atoms with van der Waals surface area (Å²) in [6.07, 6.45) is 13.6. The van der Waals surface area contributed by atoms with E-state index < -0.39 is 11.9 Å². The SMILES string of the molecule is CCCCCCCCCCCCCOC(=O)c1ccccc1C(=O)OC(C)C. The maximum atomic E-state index is 12.3. The van der Waals surface area contributed by atoms with Gasteiger partial charge < -0.3 is 9.47 Å². The van der Waals surface area contributed by atoms with Crippen molar-refractivity contribution in [3.8, 4) is 0 Å². The molecule has 0 unspecified atom stereocenters. The molecule has 0 N–H and O–H groups in total. The molecule has 4 nitrogen and oxygen atoms in total. The second-order valence-corrected chi connectivity index (χ2v) is 7.67. The van der Waals surface area contributed by atoms with E-state index >= 15 is 0 Å². The molecular formula is C24H38O4. The molecule has 1 aromatic carbocycles. The standard InChI is InChI=1S/C24H38O4/c1-4-5-6-7-8-9-10-11-12-13-16-19-27-23(25)21-17-14-15-18-22(21)24(26)28-20(2)3/h14-15,17-18,20H,4-13,16,19H2,1-3H3. The van der Waals surface area contributed by atoms with Gasteiger partial charge in [0.25, 0.3) is 0 Å². The molecule has 1 aromatic rings. The van der Waals surface area contributed by atoms with Gasteiger partial charge in [-0.2, -0.15) is 0 Å². The Morgan fingerprint density at radius 2 is 1.21 bits per heavy atom. The molecule has 28 heavy (non-hydrogen) atoms. The molecule has 0 radical (unpaired) electrons. The Morgan fingerprint density at radius 3 is 1.71 bits per heavy atom. The highest BCUT2D eigenvalue weighted by Gasteiger charge is 2.19. The Labute approximate surface area is 171 Å². The van der Waals surface area contributed by atoms with E-state index in [1.807, 2.05) is 0 Å². The van der Waals surface area contributed by atoms with Gasteiger partial charge in [-0.25, -0.2) is 9.59 Å². The van der Waals surface area contributed by atoms with E-state index in [1.165, 1.54) is 57.8 Å². The highest BCUT2D eigenvalue weighted by molar-refractivity contribution is 6.03. The van der Waals surface area contributed by atoms with E-state index in [9.17, 15) is 9.59 Å². The maximum Gasteiger partial charge on any atom is 0.339 e. The first-order valence-corrected chi connectivity index (χ1v) is 11.0. The molecule has 0 heterocycles. The summed E-state index contributed by atoms with van der Waals surface area (Å²) >= 11 is 0. The first-order valence-electron chi connectivity index (χ1n) is 11.0. The predicted octanol–water partition coefficient (Wildman–Crippen LogP) is 6.72. The van der Waals surface area contributed by atoms with E-state index in [-0.39, 0.29) is 17.2 Å². The second kappa shape index (κ2) is 15.1. The van der Waals surface area contributed by atoms with Gasteiger partial charge >= 0.3 is 11.9 Å². The number of hydrogen-bond acceptors (Lipinski definition) is 4. The van der Waals surface area contributed by atoms with Gasteiger partial charge in [-0.1, -0.05) is 83.3 Å². The molecule has 0 atom stereocenters. The number of unbranched alkanes of at least 4 members (excludes halogenated alkanes) is 10. The average Bonchev–Trinajstić information content (AvgIpc) is 2.68. The quantitative estimate of drug-likeness (QED) is 0.246. The Balaban J connectivity index is 2.18. The fourth-order valence-corrected chi connectivity index (χ4v) is 3.13. The molecule has 0 bridgehead atoms. The topological polar surface area (TPSA) is 52.6 Å². The highest BCUT2D eigenvalue weighted by atomic mass is 16.5. The number of benzene rings is 1. The fraction of sp³-hybridized carbons (Fsp3) is 0.667. The van der Waals surface area contributed by atoms with Crippen molar-refractivity contribution >= 4 is 11.9 Å². The van der Waals surface area contributed by atoms with Crippen molar-refractivity contribution in [3.63, 3.8) is 0 Å². The van der Waals surface area contributed by atoms with Gasteiger partial charge in [0, 0.05) is 0 Å². The van der Waals surface area contributed by atoms with Crippen molar-refractivity contribution in [3.05, 3.63) is 35.4 Å². The van der Waals surface area contributed by atoms with Crippen LogP contribution in [0.3, 0.4) is 0 Å². The summed E-state index contributed by atoms with van der Waals surface area (Å²) in [4.78, 5) is 24.4. The van der Waals surface area contributed by atoms with Crippen LogP contribution in [0.25, 0.3) is 0 Å². The molecule has 4 heteroatoms. The minimum Gasteiger partial charge on any atom is -0.462 e. The Bertz CT molecular complexity index is 565. The molecule has 0 aliphatic rings. The van der Waals surface area contributed by atoms with E-state index in [1.54, 1.807) is 38.1 Å². The third-order valence-electron chi connectivity index (χ3n) is 4.69. The molecule has 158 valence electrons. The van der Waals surface area contributed by atoms with Crippen LogP contribution in [0.5, 0.6) is 0 Å². The van der Waals surface area contributed by atoms with E-state index in [0.29, 0.717) is 6.61 Å². The molecule has 0 saturated heterocycles. The summed E-state index contributed by atoms with van der Waals surface area (Å²) < 4.78 is 10.6. The number of rotatable bonds is 15. The third kappa shape index (κ3) is 10.5. The van der Waals surface area contributed by atoms with Crippen LogP contribution in [0.4, 0.5) is 0 Å². The zero-order valence-corrected chi connectivity index (χ0v) is 18.0. The molecule has 0 amide bonds. The molecular weight excluding hydrogens is 352 g/mol. The lowest BCUT2D eigenvalue weighted by atomic mass is 10.1. The van der Waals surface area contributed by atoms with Gasteiger partial charge in [-0.15, -0.1) is 0 Å². The summed E-state index contributed by atoms with van der Waals surface area (Å²) in [5, 5.41) is 0. The van der Waals surface area contributed by atoms with Gasteiger partial charge in [0.05, 0.1) is 23.8 Å². The van der Waals surface area contributed by atoms with Crippen molar-refractivity contribution in [2.24, 2.45) is 0 Å². The number of carbonyl (C=O) groups excluding carboxylic acids is 2. The van der Waals surface area contributed by atoms with Gasteiger partial charge in [0.15, 0.2) is 0 Å². The molecule has 0 spiro atoms. The van der Waals surface area contributed by atoms with Crippen molar-refractivity contribution in [1.82, 2.24) is 0 Å². The van der Waals surface area contributed by atoms with Gasteiger partial charge in [-0.05, 0) is 32.4 Å². The highest BCUT2D eigenvalue weighted by Crippen LogP contribution is 2.14. The Kier molecular flexibility index (Phi) is 13.1. The number of esters is 2. The Hall–Kier alpha value is -1.84. The van der Waals surface area contributed by atoms with E-state index in [0.717, 1.165) is 12.8 Å². The summed E-state index contributed by atoms with van der Waals surface area (Å²) in [7, 11) is 0. The molecule has 1 rings (SSSR count).